The second-order valence-corrected chi connectivity index (χ2v) is 4.14. The van der Waals surface area contributed by atoms with Crippen molar-refractivity contribution in [2.24, 2.45) is 5.73 Å². The van der Waals surface area contributed by atoms with E-state index in [0.717, 1.165) is 0 Å². The summed E-state index contributed by atoms with van der Waals surface area (Å²) in [4.78, 5) is 18.2. The second kappa shape index (κ2) is 4.44. The summed E-state index contributed by atoms with van der Waals surface area (Å²) in [7, 11) is 0. The summed E-state index contributed by atoms with van der Waals surface area (Å²) in [6.07, 6.45) is 0.702. The smallest absolute Gasteiger partial charge is 0.252 e. The zero-order valence-electron chi connectivity index (χ0n) is 9.42. The molecule has 4 N–H and O–H groups in total. The molecule has 0 aliphatic heterocycles. The van der Waals surface area contributed by atoms with Gasteiger partial charge in [0.2, 0.25) is 0 Å². The lowest BCUT2D eigenvalue weighted by molar-refractivity contribution is 0.576. The zero-order chi connectivity index (χ0) is 11.5. The molecule has 0 aromatic carbocycles. The van der Waals surface area contributed by atoms with Crippen molar-refractivity contribution in [2.75, 3.05) is 11.9 Å². The van der Waals surface area contributed by atoms with Crippen molar-refractivity contribution in [1.82, 2.24) is 9.97 Å². The van der Waals surface area contributed by atoms with Crippen molar-refractivity contribution in [3.05, 3.63) is 22.2 Å². The fraction of sp³-hybridized carbons (Fsp3) is 0.600. The van der Waals surface area contributed by atoms with Crippen molar-refractivity contribution in [2.45, 2.75) is 32.7 Å². The molecule has 15 heavy (non-hydrogen) atoms. The van der Waals surface area contributed by atoms with Crippen molar-refractivity contribution in [3.8, 4) is 0 Å². The molecule has 0 atom stereocenters. The molecule has 1 aromatic rings. The predicted octanol–water partition coefficient (Wildman–Crippen LogP) is 0.481. The van der Waals surface area contributed by atoms with Gasteiger partial charge in [0.05, 0.1) is 0 Å². The van der Waals surface area contributed by atoms with Gasteiger partial charge in [-0.25, -0.2) is 4.98 Å². The van der Waals surface area contributed by atoms with Crippen molar-refractivity contribution >= 4 is 5.82 Å². The number of anilines is 1. The van der Waals surface area contributed by atoms with Crippen LogP contribution >= 0.6 is 0 Å². The lowest BCUT2D eigenvalue weighted by Crippen LogP contribution is -2.39. The van der Waals surface area contributed by atoms with Gasteiger partial charge in [-0.2, -0.15) is 0 Å². The molecular formula is C10H18N4O. The van der Waals surface area contributed by atoms with Crippen LogP contribution in [0.3, 0.4) is 0 Å². The SMILES string of the molecule is CCc1nc(NC(C)(C)CN)cc(=O)[nH]1. The molecule has 0 unspecified atom stereocenters. The Morgan fingerprint density at radius 3 is 2.80 bits per heavy atom. The minimum atomic E-state index is -0.258. The molecule has 1 aromatic heterocycles. The van der Waals surface area contributed by atoms with E-state index in [9.17, 15) is 4.79 Å². The van der Waals surface area contributed by atoms with Crippen molar-refractivity contribution in [3.63, 3.8) is 0 Å². The van der Waals surface area contributed by atoms with E-state index in [1.807, 2.05) is 20.8 Å². The van der Waals surface area contributed by atoms with Crippen LogP contribution in [0.1, 0.15) is 26.6 Å². The lowest BCUT2D eigenvalue weighted by Gasteiger charge is -2.24. The van der Waals surface area contributed by atoms with E-state index < -0.39 is 0 Å². The summed E-state index contributed by atoms with van der Waals surface area (Å²) in [5.41, 5.74) is 5.19. The quantitative estimate of drug-likeness (QED) is 0.675. The number of aromatic nitrogens is 2. The van der Waals surface area contributed by atoms with E-state index in [1.165, 1.54) is 6.07 Å². The number of hydrogen-bond acceptors (Lipinski definition) is 4. The fourth-order valence-corrected chi connectivity index (χ4v) is 1.14. The molecule has 0 amide bonds. The maximum absolute atomic E-state index is 11.3. The first-order valence-corrected chi connectivity index (χ1v) is 5.05. The van der Waals surface area contributed by atoms with Gasteiger partial charge in [0.25, 0.3) is 5.56 Å². The molecule has 0 spiro atoms. The molecule has 0 aliphatic carbocycles. The molecule has 1 heterocycles. The highest BCUT2D eigenvalue weighted by Crippen LogP contribution is 2.09. The molecule has 1 rings (SSSR count). The number of nitrogens with zero attached hydrogens (tertiary/aromatic N) is 1. The molecule has 0 saturated heterocycles. The largest absolute Gasteiger partial charge is 0.364 e. The van der Waals surface area contributed by atoms with Crippen LogP contribution in [-0.2, 0) is 6.42 Å². The lowest BCUT2D eigenvalue weighted by atomic mass is 10.1. The maximum Gasteiger partial charge on any atom is 0.252 e. The van der Waals surface area contributed by atoms with Gasteiger partial charge in [-0.1, -0.05) is 6.92 Å². The molecule has 0 radical (unpaired) electrons. The van der Waals surface area contributed by atoms with Crippen LogP contribution in [0.2, 0.25) is 0 Å². The van der Waals surface area contributed by atoms with Crippen molar-refractivity contribution in [1.29, 1.82) is 0 Å². The zero-order valence-corrected chi connectivity index (χ0v) is 9.42. The van der Waals surface area contributed by atoms with Gasteiger partial charge in [0.15, 0.2) is 0 Å². The number of aromatic amines is 1. The first-order chi connectivity index (χ1) is 6.96. The van der Waals surface area contributed by atoms with Gasteiger partial charge >= 0.3 is 0 Å². The number of H-pyrrole nitrogens is 1. The van der Waals surface area contributed by atoms with Gasteiger partial charge in [0.1, 0.15) is 11.6 Å². The average Bonchev–Trinajstić information content (AvgIpc) is 2.16. The highest BCUT2D eigenvalue weighted by atomic mass is 16.1. The van der Waals surface area contributed by atoms with Crippen LogP contribution in [0.4, 0.5) is 5.82 Å². The number of nitrogens with two attached hydrogens (primary N) is 1. The molecule has 5 nitrogen and oxygen atoms in total. The molecule has 84 valence electrons. The standard InChI is InChI=1S/C10H18N4O/c1-4-7-12-8(5-9(15)13-7)14-10(2,3)6-11/h5H,4,6,11H2,1-3H3,(H2,12,13,14,15). The van der Waals surface area contributed by atoms with Crippen LogP contribution in [0, 0.1) is 0 Å². The minimum Gasteiger partial charge on any atom is -0.364 e. The first kappa shape index (κ1) is 11.7. The van der Waals surface area contributed by atoms with Gasteiger partial charge in [-0.3, -0.25) is 4.79 Å². The summed E-state index contributed by atoms with van der Waals surface area (Å²) in [5, 5.41) is 3.13. The Balaban J connectivity index is 2.95. The highest BCUT2D eigenvalue weighted by Gasteiger charge is 2.15. The monoisotopic (exact) mass is 210 g/mol. The number of rotatable bonds is 4. The van der Waals surface area contributed by atoms with E-state index in [1.54, 1.807) is 0 Å². The Kier molecular flexibility index (Phi) is 3.47. The Morgan fingerprint density at radius 1 is 1.60 bits per heavy atom. The second-order valence-electron chi connectivity index (χ2n) is 4.14. The molecule has 0 fully saturated rings. The average molecular weight is 210 g/mol. The first-order valence-electron chi connectivity index (χ1n) is 5.05. The summed E-state index contributed by atoms with van der Waals surface area (Å²) in [6.45, 7) is 6.34. The van der Waals surface area contributed by atoms with Crippen LogP contribution in [0.15, 0.2) is 10.9 Å². The van der Waals surface area contributed by atoms with E-state index in [4.69, 9.17) is 5.73 Å². The van der Waals surface area contributed by atoms with Crippen LogP contribution in [0.5, 0.6) is 0 Å². The summed E-state index contributed by atoms with van der Waals surface area (Å²) in [6, 6.07) is 1.44. The molecule has 0 bridgehead atoms. The Morgan fingerprint density at radius 2 is 2.27 bits per heavy atom. The maximum atomic E-state index is 11.3. The third-order valence-electron chi connectivity index (χ3n) is 2.10. The van der Waals surface area contributed by atoms with Crippen LogP contribution < -0.4 is 16.6 Å². The third kappa shape index (κ3) is 3.36. The summed E-state index contributed by atoms with van der Waals surface area (Å²) >= 11 is 0. The number of nitrogens with one attached hydrogen (secondary N) is 2. The third-order valence-corrected chi connectivity index (χ3v) is 2.10. The Labute approximate surface area is 89.1 Å². The van der Waals surface area contributed by atoms with E-state index >= 15 is 0 Å². The van der Waals surface area contributed by atoms with Gasteiger partial charge < -0.3 is 16.0 Å². The van der Waals surface area contributed by atoms with Gasteiger partial charge in [0, 0.05) is 24.6 Å². The van der Waals surface area contributed by atoms with E-state index in [2.05, 4.69) is 15.3 Å². The van der Waals surface area contributed by atoms with Crippen LogP contribution in [-0.4, -0.2) is 22.1 Å². The topological polar surface area (TPSA) is 83.8 Å². The highest BCUT2D eigenvalue weighted by molar-refractivity contribution is 5.36. The number of aryl methyl sites for hydroxylation is 1. The molecule has 0 aliphatic rings. The van der Waals surface area contributed by atoms with Crippen LogP contribution in [0.25, 0.3) is 0 Å². The number of hydrogen-bond donors (Lipinski definition) is 3. The van der Waals surface area contributed by atoms with Crippen molar-refractivity contribution < 1.29 is 0 Å². The predicted molar refractivity (Wildman–Crippen MR) is 61.0 cm³/mol. The van der Waals surface area contributed by atoms with E-state index in [0.29, 0.717) is 24.6 Å². The molecule has 0 saturated carbocycles. The van der Waals surface area contributed by atoms with Gasteiger partial charge in [-0.15, -0.1) is 0 Å². The fourth-order valence-electron chi connectivity index (χ4n) is 1.14. The van der Waals surface area contributed by atoms with E-state index in [-0.39, 0.29) is 11.1 Å². The Hall–Kier alpha value is -1.36. The molecular weight excluding hydrogens is 192 g/mol. The minimum absolute atomic E-state index is 0.142. The summed E-state index contributed by atoms with van der Waals surface area (Å²) in [5.74, 6) is 1.25. The van der Waals surface area contributed by atoms with Gasteiger partial charge in [-0.05, 0) is 13.8 Å². The normalized spacial score (nSPS) is 11.5. The Bertz CT molecular complexity index is 383. The molecule has 5 heteroatoms. The summed E-state index contributed by atoms with van der Waals surface area (Å²) < 4.78 is 0.